The molecule has 0 spiro atoms. The van der Waals surface area contributed by atoms with Crippen molar-refractivity contribution >= 4 is 29.1 Å². The van der Waals surface area contributed by atoms with E-state index in [1.165, 1.54) is 0 Å². The maximum Gasteiger partial charge on any atom is 0.253 e. The summed E-state index contributed by atoms with van der Waals surface area (Å²) in [5.74, 6) is -0.530. The fourth-order valence-corrected chi connectivity index (χ4v) is 1.68. The normalized spacial score (nSPS) is 14.1. The molecule has 5 nitrogen and oxygen atoms in total. The fourth-order valence-electron chi connectivity index (χ4n) is 1.48. The van der Waals surface area contributed by atoms with Crippen molar-refractivity contribution in [2.24, 2.45) is 5.73 Å². The molecule has 2 rings (SSSR count). The lowest BCUT2D eigenvalue weighted by Gasteiger charge is -2.09. The second-order valence-corrected chi connectivity index (χ2v) is 4.60. The molecule has 1 aromatic rings. The summed E-state index contributed by atoms with van der Waals surface area (Å²) in [5.41, 5.74) is 6.07. The molecule has 0 heterocycles. The molecule has 1 aliphatic carbocycles. The SMILES string of the molecule is NCC(=O)Nc1ccc(Cl)c(C(=O)NC2CC2)c1. The van der Waals surface area contributed by atoms with Crippen LogP contribution in [-0.2, 0) is 4.79 Å². The molecule has 1 aromatic carbocycles. The number of hydrogen-bond acceptors (Lipinski definition) is 3. The van der Waals surface area contributed by atoms with Gasteiger partial charge in [0.1, 0.15) is 0 Å². The minimum absolute atomic E-state index is 0.105. The van der Waals surface area contributed by atoms with Gasteiger partial charge in [0.05, 0.1) is 17.1 Å². The van der Waals surface area contributed by atoms with Crippen LogP contribution in [0.5, 0.6) is 0 Å². The molecule has 4 N–H and O–H groups in total. The number of benzene rings is 1. The Morgan fingerprint density at radius 1 is 1.39 bits per heavy atom. The molecular formula is C12H14ClN3O2. The molecule has 0 saturated heterocycles. The third-order valence-corrected chi connectivity index (χ3v) is 2.92. The Kier molecular flexibility index (Phi) is 3.84. The molecule has 1 saturated carbocycles. The Bertz CT molecular complexity index is 486. The first-order valence-electron chi connectivity index (χ1n) is 5.70. The highest BCUT2D eigenvalue weighted by molar-refractivity contribution is 6.34. The lowest BCUT2D eigenvalue weighted by Crippen LogP contribution is -2.26. The standard InChI is InChI=1S/C12H14ClN3O2/c13-10-4-3-8(15-11(17)6-14)5-9(10)12(18)16-7-1-2-7/h3-5,7H,1-2,6,14H2,(H,15,17)(H,16,18). The average Bonchev–Trinajstić information content (AvgIpc) is 3.15. The quantitative estimate of drug-likeness (QED) is 0.765. The Morgan fingerprint density at radius 2 is 2.11 bits per heavy atom. The van der Waals surface area contributed by atoms with Crippen molar-refractivity contribution in [1.29, 1.82) is 0 Å². The molecule has 0 aromatic heterocycles. The highest BCUT2D eigenvalue weighted by Crippen LogP contribution is 2.23. The zero-order valence-corrected chi connectivity index (χ0v) is 10.5. The smallest absolute Gasteiger partial charge is 0.253 e. The van der Waals surface area contributed by atoms with Gasteiger partial charge in [0.15, 0.2) is 0 Å². The van der Waals surface area contributed by atoms with E-state index >= 15 is 0 Å². The summed E-state index contributed by atoms with van der Waals surface area (Å²) >= 11 is 5.97. The molecule has 0 unspecified atom stereocenters. The van der Waals surface area contributed by atoms with Gasteiger partial charge in [0.2, 0.25) is 5.91 Å². The van der Waals surface area contributed by atoms with Crippen molar-refractivity contribution in [3.8, 4) is 0 Å². The summed E-state index contributed by atoms with van der Waals surface area (Å²) in [4.78, 5) is 23.1. The topological polar surface area (TPSA) is 84.2 Å². The number of anilines is 1. The minimum atomic E-state index is -0.314. The predicted molar refractivity (Wildman–Crippen MR) is 69.6 cm³/mol. The Labute approximate surface area is 110 Å². The van der Waals surface area contributed by atoms with E-state index in [1.807, 2.05) is 0 Å². The minimum Gasteiger partial charge on any atom is -0.349 e. The van der Waals surface area contributed by atoms with Crippen molar-refractivity contribution in [1.82, 2.24) is 5.32 Å². The van der Waals surface area contributed by atoms with E-state index in [0.717, 1.165) is 12.8 Å². The lowest BCUT2D eigenvalue weighted by atomic mass is 10.2. The first-order chi connectivity index (χ1) is 8.60. The van der Waals surface area contributed by atoms with Crippen molar-refractivity contribution in [2.45, 2.75) is 18.9 Å². The average molecular weight is 268 g/mol. The second kappa shape index (κ2) is 5.37. The molecule has 2 amide bonds. The fraction of sp³-hybridized carbons (Fsp3) is 0.333. The van der Waals surface area contributed by atoms with Crippen molar-refractivity contribution < 1.29 is 9.59 Å². The first kappa shape index (κ1) is 12.9. The van der Waals surface area contributed by atoms with Gasteiger partial charge >= 0.3 is 0 Å². The number of amides is 2. The number of halogens is 1. The molecule has 6 heteroatoms. The van der Waals surface area contributed by atoms with Crippen molar-refractivity contribution in [3.05, 3.63) is 28.8 Å². The Morgan fingerprint density at radius 3 is 2.72 bits per heavy atom. The van der Waals surface area contributed by atoms with E-state index in [0.29, 0.717) is 16.3 Å². The lowest BCUT2D eigenvalue weighted by molar-refractivity contribution is -0.114. The van der Waals surface area contributed by atoms with Crippen LogP contribution < -0.4 is 16.4 Å². The van der Waals surface area contributed by atoms with E-state index in [9.17, 15) is 9.59 Å². The van der Waals surface area contributed by atoms with Gasteiger partial charge < -0.3 is 16.4 Å². The summed E-state index contributed by atoms with van der Waals surface area (Å²) in [6.07, 6.45) is 2.01. The van der Waals surface area contributed by atoms with Gasteiger partial charge in [-0.2, -0.15) is 0 Å². The maximum atomic E-state index is 11.9. The van der Waals surface area contributed by atoms with E-state index in [1.54, 1.807) is 18.2 Å². The molecule has 0 atom stereocenters. The third kappa shape index (κ3) is 3.21. The van der Waals surface area contributed by atoms with E-state index in [-0.39, 0.29) is 24.4 Å². The predicted octanol–water partition coefficient (Wildman–Crippen LogP) is 1.13. The first-order valence-corrected chi connectivity index (χ1v) is 6.08. The number of hydrogen-bond donors (Lipinski definition) is 3. The van der Waals surface area contributed by atoms with Gasteiger partial charge in [-0.05, 0) is 31.0 Å². The van der Waals surface area contributed by atoms with E-state index in [4.69, 9.17) is 17.3 Å². The summed E-state index contributed by atoms with van der Waals surface area (Å²) < 4.78 is 0. The van der Waals surface area contributed by atoms with Crippen LogP contribution in [0.4, 0.5) is 5.69 Å². The van der Waals surface area contributed by atoms with Crippen LogP contribution in [0.3, 0.4) is 0 Å². The van der Waals surface area contributed by atoms with Gasteiger partial charge in [-0.3, -0.25) is 9.59 Å². The van der Waals surface area contributed by atoms with Crippen LogP contribution in [0.15, 0.2) is 18.2 Å². The van der Waals surface area contributed by atoms with Gasteiger partial charge in [-0.1, -0.05) is 11.6 Å². The summed E-state index contributed by atoms with van der Waals surface area (Å²) in [7, 11) is 0. The third-order valence-electron chi connectivity index (χ3n) is 2.59. The largest absolute Gasteiger partial charge is 0.349 e. The van der Waals surface area contributed by atoms with Crippen molar-refractivity contribution in [3.63, 3.8) is 0 Å². The molecule has 0 bridgehead atoms. The summed E-state index contributed by atoms with van der Waals surface area (Å²) in [6, 6.07) is 5.02. The second-order valence-electron chi connectivity index (χ2n) is 4.19. The Balaban J connectivity index is 2.14. The molecule has 18 heavy (non-hydrogen) atoms. The van der Waals surface area contributed by atoms with Gasteiger partial charge in [-0.15, -0.1) is 0 Å². The zero-order valence-electron chi connectivity index (χ0n) is 9.70. The zero-order chi connectivity index (χ0) is 13.1. The maximum absolute atomic E-state index is 11.9. The Hall–Kier alpha value is -1.59. The van der Waals surface area contributed by atoms with Crippen LogP contribution in [-0.4, -0.2) is 24.4 Å². The van der Waals surface area contributed by atoms with Crippen molar-refractivity contribution in [2.75, 3.05) is 11.9 Å². The van der Waals surface area contributed by atoms with E-state index in [2.05, 4.69) is 10.6 Å². The van der Waals surface area contributed by atoms with Crippen LogP contribution in [0.2, 0.25) is 5.02 Å². The number of nitrogens with one attached hydrogen (secondary N) is 2. The molecule has 0 radical (unpaired) electrons. The highest BCUT2D eigenvalue weighted by atomic mass is 35.5. The summed E-state index contributed by atoms with van der Waals surface area (Å²) in [5, 5.41) is 5.79. The highest BCUT2D eigenvalue weighted by Gasteiger charge is 2.24. The number of carbonyl (C=O) groups is 2. The van der Waals surface area contributed by atoms with Gasteiger partial charge in [0.25, 0.3) is 5.91 Å². The molecule has 96 valence electrons. The monoisotopic (exact) mass is 267 g/mol. The molecule has 1 fully saturated rings. The van der Waals surface area contributed by atoms with E-state index < -0.39 is 0 Å². The van der Waals surface area contributed by atoms with Crippen LogP contribution in [0, 0.1) is 0 Å². The number of nitrogens with two attached hydrogens (primary N) is 1. The number of carbonyl (C=O) groups excluding carboxylic acids is 2. The molecular weight excluding hydrogens is 254 g/mol. The van der Waals surface area contributed by atoms with Gasteiger partial charge in [0, 0.05) is 11.7 Å². The summed E-state index contributed by atoms with van der Waals surface area (Å²) in [6.45, 7) is -0.105. The van der Waals surface area contributed by atoms with Crippen LogP contribution in [0.25, 0.3) is 0 Å². The molecule has 1 aliphatic rings. The van der Waals surface area contributed by atoms with Crippen LogP contribution in [0.1, 0.15) is 23.2 Å². The van der Waals surface area contributed by atoms with Gasteiger partial charge in [-0.25, -0.2) is 0 Å². The van der Waals surface area contributed by atoms with Crippen LogP contribution >= 0.6 is 11.6 Å². The molecule has 0 aliphatic heterocycles. The number of rotatable bonds is 4.